The van der Waals surface area contributed by atoms with Crippen LogP contribution in [-0.2, 0) is 11.0 Å². The number of likely N-dealkylation sites (tertiary alicyclic amines) is 1. The lowest BCUT2D eigenvalue weighted by atomic mass is 10.2. The quantitative estimate of drug-likeness (QED) is 0.792. The number of hydrogen-bond acceptors (Lipinski definition) is 5. The van der Waals surface area contributed by atoms with E-state index in [0.29, 0.717) is 25.9 Å². The van der Waals surface area contributed by atoms with E-state index in [1.54, 1.807) is 14.1 Å². The van der Waals surface area contributed by atoms with Crippen LogP contribution >= 0.6 is 0 Å². The van der Waals surface area contributed by atoms with Crippen molar-refractivity contribution in [2.24, 2.45) is 0 Å². The summed E-state index contributed by atoms with van der Waals surface area (Å²) >= 11 is 0. The van der Waals surface area contributed by atoms with Crippen molar-refractivity contribution in [3.63, 3.8) is 0 Å². The van der Waals surface area contributed by atoms with E-state index in [2.05, 4.69) is 15.3 Å². The fourth-order valence-corrected chi connectivity index (χ4v) is 2.63. The number of rotatable bonds is 6. The third-order valence-corrected chi connectivity index (χ3v) is 4.02. The number of alkyl halides is 3. The molecule has 140 valence electrons. The molecule has 1 amide bonds. The topological polar surface area (TPSA) is 61.4 Å². The molecule has 1 aliphatic heterocycles. The first kappa shape index (κ1) is 19.3. The minimum Gasteiger partial charge on any atom is -0.363 e. The van der Waals surface area contributed by atoms with Crippen molar-refractivity contribution >= 4 is 17.7 Å². The Labute approximate surface area is 145 Å². The van der Waals surface area contributed by atoms with Gasteiger partial charge >= 0.3 is 6.18 Å². The Kier molecular flexibility index (Phi) is 6.44. The maximum atomic E-state index is 12.9. The zero-order valence-electron chi connectivity index (χ0n) is 14.6. The average molecular weight is 359 g/mol. The minimum absolute atomic E-state index is 0.0549. The van der Waals surface area contributed by atoms with Gasteiger partial charge in [0.25, 0.3) is 0 Å². The van der Waals surface area contributed by atoms with Crippen molar-refractivity contribution in [1.29, 1.82) is 0 Å². The lowest BCUT2D eigenvalue weighted by Gasteiger charge is -2.20. The van der Waals surface area contributed by atoms with Crippen LogP contribution < -0.4 is 10.2 Å². The molecule has 6 nitrogen and oxygen atoms in total. The van der Waals surface area contributed by atoms with Gasteiger partial charge in [0.2, 0.25) is 11.9 Å². The highest BCUT2D eigenvalue weighted by molar-refractivity contribution is 5.76. The van der Waals surface area contributed by atoms with Gasteiger partial charge < -0.3 is 15.1 Å². The lowest BCUT2D eigenvalue weighted by molar-refractivity contribution is -0.141. The fourth-order valence-electron chi connectivity index (χ4n) is 2.63. The Hall–Kier alpha value is -2.06. The van der Waals surface area contributed by atoms with Gasteiger partial charge in [-0.05, 0) is 19.3 Å². The van der Waals surface area contributed by atoms with Crippen LogP contribution in [0.1, 0.15) is 37.8 Å². The summed E-state index contributed by atoms with van der Waals surface area (Å²) in [6.07, 6.45) is -0.325. The van der Waals surface area contributed by atoms with Crippen LogP contribution in [0, 0.1) is 0 Å². The molecule has 0 radical (unpaired) electrons. The first-order chi connectivity index (χ1) is 11.8. The second-order valence-electron chi connectivity index (χ2n) is 6.30. The van der Waals surface area contributed by atoms with Gasteiger partial charge in [-0.25, -0.2) is 4.98 Å². The number of anilines is 2. The van der Waals surface area contributed by atoms with E-state index in [-0.39, 0.29) is 17.7 Å². The summed E-state index contributed by atoms with van der Waals surface area (Å²) < 4.78 is 38.8. The van der Waals surface area contributed by atoms with Crippen LogP contribution in [0.15, 0.2) is 6.07 Å². The zero-order valence-corrected chi connectivity index (χ0v) is 14.6. The summed E-state index contributed by atoms with van der Waals surface area (Å²) in [4.78, 5) is 22.9. The van der Waals surface area contributed by atoms with Crippen molar-refractivity contribution in [3.05, 3.63) is 11.8 Å². The third kappa shape index (κ3) is 5.75. The number of carbonyl (C=O) groups is 1. The highest BCUT2D eigenvalue weighted by Gasteiger charge is 2.34. The van der Waals surface area contributed by atoms with Crippen molar-refractivity contribution < 1.29 is 18.0 Å². The number of nitrogens with one attached hydrogen (secondary N) is 1. The molecule has 0 atom stereocenters. The van der Waals surface area contributed by atoms with Gasteiger partial charge in [0.05, 0.1) is 0 Å². The van der Waals surface area contributed by atoms with Crippen molar-refractivity contribution in [2.45, 2.75) is 38.3 Å². The molecule has 1 aromatic rings. The van der Waals surface area contributed by atoms with E-state index in [9.17, 15) is 18.0 Å². The largest absolute Gasteiger partial charge is 0.433 e. The molecule has 1 N–H and O–H groups in total. The molecule has 9 heteroatoms. The van der Waals surface area contributed by atoms with Gasteiger partial charge in [0.1, 0.15) is 5.82 Å². The molecule has 1 aromatic heterocycles. The van der Waals surface area contributed by atoms with Crippen LogP contribution in [0.5, 0.6) is 0 Å². The molecule has 0 bridgehead atoms. The van der Waals surface area contributed by atoms with Crippen molar-refractivity contribution in [1.82, 2.24) is 14.9 Å². The van der Waals surface area contributed by atoms with E-state index >= 15 is 0 Å². The SMILES string of the molecule is CN(C)c1cc(C(F)(F)F)nc(NCCCN2CCCCCC2=O)n1. The van der Waals surface area contributed by atoms with Crippen LogP contribution in [0.2, 0.25) is 0 Å². The summed E-state index contributed by atoms with van der Waals surface area (Å²) in [6.45, 7) is 1.74. The van der Waals surface area contributed by atoms with Crippen molar-refractivity contribution in [3.8, 4) is 0 Å². The monoisotopic (exact) mass is 359 g/mol. The molecule has 0 unspecified atom stereocenters. The molecule has 1 saturated heterocycles. The normalized spacial score (nSPS) is 15.9. The van der Waals surface area contributed by atoms with E-state index in [0.717, 1.165) is 31.9 Å². The van der Waals surface area contributed by atoms with Gasteiger partial charge in [-0.2, -0.15) is 18.2 Å². The molecule has 25 heavy (non-hydrogen) atoms. The second kappa shape index (κ2) is 8.35. The van der Waals surface area contributed by atoms with Crippen LogP contribution in [0.3, 0.4) is 0 Å². The number of hydrogen-bond donors (Lipinski definition) is 1. The first-order valence-electron chi connectivity index (χ1n) is 8.42. The first-order valence-corrected chi connectivity index (χ1v) is 8.42. The number of carbonyl (C=O) groups excluding carboxylic acids is 1. The van der Waals surface area contributed by atoms with Gasteiger partial charge in [0, 0.05) is 46.2 Å². The van der Waals surface area contributed by atoms with E-state index in [4.69, 9.17) is 0 Å². The van der Waals surface area contributed by atoms with Crippen molar-refractivity contribution in [2.75, 3.05) is 43.9 Å². The lowest BCUT2D eigenvalue weighted by Crippen LogP contribution is -2.32. The van der Waals surface area contributed by atoms with Crippen LogP contribution in [0.4, 0.5) is 24.9 Å². The Bertz CT molecular complexity index is 592. The molecule has 1 fully saturated rings. The molecule has 2 rings (SSSR count). The fraction of sp³-hybridized carbons (Fsp3) is 0.688. The smallest absolute Gasteiger partial charge is 0.363 e. The Balaban J connectivity index is 1.93. The Morgan fingerprint density at radius 2 is 2.00 bits per heavy atom. The van der Waals surface area contributed by atoms with E-state index in [1.807, 2.05) is 4.90 Å². The number of aromatic nitrogens is 2. The number of halogens is 3. The standard InChI is InChI=1S/C16H24F3N5O/c1-23(2)13-11-12(16(17,18)19)21-15(22-13)20-8-6-10-24-9-5-3-4-7-14(24)25/h11H,3-10H2,1-2H3,(H,20,21,22). The van der Waals surface area contributed by atoms with Gasteiger partial charge in [-0.15, -0.1) is 0 Å². The van der Waals surface area contributed by atoms with E-state index in [1.165, 1.54) is 4.90 Å². The van der Waals surface area contributed by atoms with Gasteiger partial charge in [-0.3, -0.25) is 4.79 Å². The second-order valence-corrected chi connectivity index (χ2v) is 6.30. The molecular weight excluding hydrogens is 335 g/mol. The molecule has 0 aromatic carbocycles. The van der Waals surface area contributed by atoms with Crippen LogP contribution in [-0.4, -0.2) is 54.5 Å². The Morgan fingerprint density at radius 1 is 1.24 bits per heavy atom. The highest BCUT2D eigenvalue weighted by Crippen LogP contribution is 2.30. The predicted molar refractivity (Wildman–Crippen MR) is 89.5 cm³/mol. The predicted octanol–water partition coefficient (Wildman–Crippen LogP) is 2.77. The summed E-state index contributed by atoms with van der Waals surface area (Å²) in [5.41, 5.74) is -0.976. The maximum absolute atomic E-state index is 12.9. The summed E-state index contributed by atoms with van der Waals surface area (Å²) in [6, 6.07) is 0.918. The third-order valence-electron chi connectivity index (χ3n) is 4.02. The molecule has 2 heterocycles. The molecule has 0 spiro atoms. The number of amides is 1. The molecular formula is C16H24F3N5O. The summed E-state index contributed by atoms with van der Waals surface area (Å²) in [5.74, 6) is 0.288. The Morgan fingerprint density at radius 3 is 2.68 bits per heavy atom. The van der Waals surface area contributed by atoms with Gasteiger partial charge in [-0.1, -0.05) is 6.42 Å². The minimum atomic E-state index is -4.53. The average Bonchev–Trinajstić information content (AvgIpc) is 2.75. The zero-order chi connectivity index (χ0) is 18.4. The molecule has 0 saturated carbocycles. The highest BCUT2D eigenvalue weighted by atomic mass is 19.4. The van der Waals surface area contributed by atoms with Crippen LogP contribution in [0.25, 0.3) is 0 Å². The summed E-state index contributed by atoms with van der Waals surface area (Å²) in [5, 5.41) is 2.84. The molecule has 1 aliphatic rings. The number of nitrogens with zero attached hydrogens (tertiary/aromatic N) is 4. The van der Waals surface area contributed by atoms with E-state index < -0.39 is 11.9 Å². The summed E-state index contributed by atoms with van der Waals surface area (Å²) in [7, 11) is 3.24. The maximum Gasteiger partial charge on any atom is 0.433 e. The molecule has 0 aliphatic carbocycles. The van der Waals surface area contributed by atoms with Gasteiger partial charge in [0.15, 0.2) is 5.69 Å².